The van der Waals surface area contributed by atoms with Crippen LogP contribution in [0.15, 0.2) is 12.2 Å². The summed E-state index contributed by atoms with van der Waals surface area (Å²) >= 11 is 0. The molecular formula is C8H15NO2. The maximum Gasteiger partial charge on any atom is 0.407 e. The number of carbonyl (C=O) groups is 1. The number of amides is 1. The molecule has 1 amide bonds. The van der Waals surface area contributed by atoms with E-state index in [0.717, 1.165) is 6.42 Å². The van der Waals surface area contributed by atoms with Gasteiger partial charge in [-0.3, -0.25) is 0 Å². The molecule has 0 saturated carbocycles. The zero-order chi connectivity index (χ0) is 8.69. The Labute approximate surface area is 67.4 Å². The number of hydrogen-bond acceptors (Lipinski definition) is 2. The third kappa shape index (κ3) is 5.45. The Morgan fingerprint density at radius 1 is 1.73 bits per heavy atom. The van der Waals surface area contributed by atoms with Gasteiger partial charge in [-0.25, -0.2) is 4.79 Å². The minimum atomic E-state index is -0.373. The molecule has 0 rings (SSSR count). The van der Waals surface area contributed by atoms with Crippen molar-refractivity contribution >= 4 is 6.09 Å². The Morgan fingerprint density at radius 3 is 2.82 bits per heavy atom. The van der Waals surface area contributed by atoms with Crippen molar-refractivity contribution in [1.82, 2.24) is 5.32 Å². The van der Waals surface area contributed by atoms with Crippen LogP contribution >= 0.6 is 0 Å². The van der Waals surface area contributed by atoms with Crippen molar-refractivity contribution < 1.29 is 9.53 Å². The van der Waals surface area contributed by atoms with E-state index in [1.807, 2.05) is 26.0 Å². The second kappa shape index (κ2) is 5.77. The van der Waals surface area contributed by atoms with Crippen molar-refractivity contribution in [2.24, 2.45) is 0 Å². The third-order valence-electron chi connectivity index (χ3n) is 1.27. The summed E-state index contributed by atoms with van der Waals surface area (Å²) in [4.78, 5) is 10.6. The van der Waals surface area contributed by atoms with E-state index < -0.39 is 0 Å². The molecule has 0 fully saturated rings. The average molecular weight is 157 g/mol. The van der Waals surface area contributed by atoms with Gasteiger partial charge in [0, 0.05) is 6.04 Å². The van der Waals surface area contributed by atoms with Crippen LogP contribution in [-0.4, -0.2) is 19.2 Å². The van der Waals surface area contributed by atoms with Crippen molar-refractivity contribution in [3.05, 3.63) is 12.2 Å². The van der Waals surface area contributed by atoms with Crippen LogP contribution in [-0.2, 0) is 4.74 Å². The van der Waals surface area contributed by atoms with Gasteiger partial charge in [0.05, 0.1) is 7.11 Å². The SMILES string of the molecule is C/C=C/CC(C)NC(=O)OC. The van der Waals surface area contributed by atoms with Gasteiger partial charge in [0.15, 0.2) is 0 Å². The smallest absolute Gasteiger partial charge is 0.407 e. The molecule has 0 aliphatic heterocycles. The quantitative estimate of drug-likeness (QED) is 0.633. The molecule has 0 aromatic carbocycles. The summed E-state index contributed by atoms with van der Waals surface area (Å²) in [6, 6.07) is 0.138. The fraction of sp³-hybridized carbons (Fsp3) is 0.625. The number of allylic oxidation sites excluding steroid dienone is 1. The Balaban J connectivity index is 3.51. The molecule has 0 bridgehead atoms. The van der Waals surface area contributed by atoms with Gasteiger partial charge in [-0.1, -0.05) is 12.2 Å². The zero-order valence-corrected chi connectivity index (χ0v) is 7.26. The lowest BCUT2D eigenvalue weighted by molar-refractivity contribution is 0.167. The zero-order valence-electron chi connectivity index (χ0n) is 7.26. The number of nitrogens with one attached hydrogen (secondary N) is 1. The van der Waals surface area contributed by atoms with E-state index >= 15 is 0 Å². The van der Waals surface area contributed by atoms with Gasteiger partial charge in [-0.15, -0.1) is 0 Å². The topological polar surface area (TPSA) is 38.3 Å². The second-order valence-corrected chi connectivity index (χ2v) is 2.34. The van der Waals surface area contributed by atoms with E-state index in [4.69, 9.17) is 0 Å². The Hall–Kier alpha value is -0.990. The van der Waals surface area contributed by atoms with Crippen LogP contribution < -0.4 is 5.32 Å². The predicted octanol–water partition coefficient (Wildman–Crippen LogP) is 1.70. The maximum atomic E-state index is 10.6. The van der Waals surface area contributed by atoms with Crippen molar-refractivity contribution in [2.45, 2.75) is 26.3 Å². The molecule has 1 N–H and O–H groups in total. The molecule has 0 aromatic heterocycles. The van der Waals surface area contributed by atoms with E-state index in [9.17, 15) is 4.79 Å². The first kappa shape index (κ1) is 10.0. The van der Waals surface area contributed by atoms with Gasteiger partial charge in [-0.2, -0.15) is 0 Å². The Bertz CT molecular complexity index is 143. The van der Waals surface area contributed by atoms with E-state index in [1.54, 1.807) is 0 Å². The van der Waals surface area contributed by atoms with Gasteiger partial charge >= 0.3 is 6.09 Å². The van der Waals surface area contributed by atoms with E-state index in [2.05, 4.69) is 10.1 Å². The Morgan fingerprint density at radius 2 is 2.36 bits per heavy atom. The summed E-state index contributed by atoms with van der Waals surface area (Å²) in [7, 11) is 1.36. The molecule has 1 unspecified atom stereocenters. The molecule has 0 aliphatic carbocycles. The van der Waals surface area contributed by atoms with Crippen molar-refractivity contribution in [3.8, 4) is 0 Å². The highest BCUT2D eigenvalue weighted by Crippen LogP contribution is 1.92. The van der Waals surface area contributed by atoms with E-state index in [-0.39, 0.29) is 12.1 Å². The largest absolute Gasteiger partial charge is 0.453 e. The van der Waals surface area contributed by atoms with E-state index in [0.29, 0.717) is 0 Å². The number of alkyl carbamates (subject to hydrolysis) is 1. The first-order valence-corrected chi connectivity index (χ1v) is 3.66. The van der Waals surface area contributed by atoms with Crippen molar-refractivity contribution in [2.75, 3.05) is 7.11 Å². The molecule has 0 aliphatic rings. The number of methoxy groups -OCH3 is 1. The van der Waals surface area contributed by atoms with Gasteiger partial charge in [0.25, 0.3) is 0 Å². The minimum absolute atomic E-state index is 0.138. The van der Waals surface area contributed by atoms with Gasteiger partial charge in [0.2, 0.25) is 0 Å². The normalized spacial score (nSPS) is 13.0. The molecule has 0 aromatic rings. The van der Waals surface area contributed by atoms with Gasteiger partial charge < -0.3 is 10.1 Å². The first-order valence-electron chi connectivity index (χ1n) is 3.66. The average Bonchev–Trinajstić information content (AvgIpc) is 2.00. The van der Waals surface area contributed by atoms with Crippen LogP contribution in [0.4, 0.5) is 4.79 Å². The standard InChI is InChI=1S/C8H15NO2/c1-4-5-6-7(2)9-8(10)11-3/h4-5,7H,6H2,1-3H3,(H,9,10)/b5-4+. The predicted molar refractivity (Wildman–Crippen MR) is 44.4 cm³/mol. The summed E-state index contributed by atoms with van der Waals surface area (Å²) in [6.07, 6.45) is 4.42. The van der Waals surface area contributed by atoms with Crippen molar-refractivity contribution in [3.63, 3.8) is 0 Å². The summed E-state index contributed by atoms with van der Waals surface area (Å²) in [5, 5.41) is 2.65. The third-order valence-corrected chi connectivity index (χ3v) is 1.27. The summed E-state index contributed by atoms with van der Waals surface area (Å²) in [5.41, 5.74) is 0. The molecule has 64 valence electrons. The molecule has 0 radical (unpaired) electrons. The van der Waals surface area contributed by atoms with Crippen LogP contribution in [0, 0.1) is 0 Å². The highest BCUT2D eigenvalue weighted by Gasteiger charge is 2.03. The highest BCUT2D eigenvalue weighted by molar-refractivity contribution is 5.67. The molecule has 1 atom stereocenters. The van der Waals surface area contributed by atoms with Gasteiger partial charge in [0.1, 0.15) is 0 Å². The number of hydrogen-bond donors (Lipinski definition) is 1. The first-order chi connectivity index (χ1) is 5.20. The molecule has 11 heavy (non-hydrogen) atoms. The minimum Gasteiger partial charge on any atom is -0.453 e. The fourth-order valence-corrected chi connectivity index (χ4v) is 0.659. The lowest BCUT2D eigenvalue weighted by atomic mass is 10.2. The van der Waals surface area contributed by atoms with Gasteiger partial charge in [-0.05, 0) is 20.3 Å². The summed E-state index contributed by atoms with van der Waals surface area (Å²) < 4.78 is 4.43. The lowest BCUT2D eigenvalue weighted by Gasteiger charge is -2.09. The summed E-state index contributed by atoms with van der Waals surface area (Å²) in [6.45, 7) is 3.88. The second-order valence-electron chi connectivity index (χ2n) is 2.34. The summed E-state index contributed by atoms with van der Waals surface area (Å²) in [5.74, 6) is 0. The molecule has 0 heterocycles. The highest BCUT2D eigenvalue weighted by atomic mass is 16.5. The number of rotatable bonds is 3. The number of ether oxygens (including phenoxy) is 1. The molecule has 3 nitrogen and oxygen atoms in total. The molecular weight excluding hydrogens is 142 g/mol. The van der Waals surface area contributed by atoms with Crippen LogP contribution in [0.3, 0.4) is 0 Å². The van der Waals surface area contributed by atoms with Crippen LogP contribution in [0.2, 0.25) is 0 Å². The number of carbonyl (C=O) groups excluding carboxylic acids is 1. The van der Waals surface area contributed by atoms with Crippen LogP contribution in [0.1, 0.15) is 20.3 Å². The maximum absolute atomic E-state index is 10.6. The molecule has 3 heteroatoms. The fourth-order valence-electron chi connectivity index (χ4n) is 0.659. The lowest BCUT2D eigenvalue weighted by Crippen LogP contribution is -2.31. The molecule has 0 spiro atoms. The molecule has 0 saturated heterocycles. The monoisotopic (exact) mass is 157 g/mol. The van der Waals surface area contributed by atoms with Crippen LogP contribution in [0.5, 0.6) is 0 Å². The van der Waals surface area contributed by atoms with E-state index in [1.165, 1.54) is 7.11 Å². The Kier molecular flexibility index (Phi) is 5.25. The van der Waals surface area contributed by atoms with Crippen molar-refractivity contribution in [1.29, 1.82) is 0 Å². The van der Waals surface area contributed by atoms with Crippen LogP contribution in [0.25, 0.3) is 0 Å².